The van der Waals surface area contributed by atoms with Crippen molar-refractivity contribution in [2.45, 2.75) is 6.92 Å². The van der Waals surface area contributed by atoms with Gasteiger partial charge in [0.1, 0.15) is 0 Å². The molecule has 1 saturated heterocycles. The third-order valence-corrected chi connectivity index (χ3v) is 2.91. The summed E-state index contributed by atoms with van der Waals surface area (Å²) >= 11 is 0. The van der Waals surface area contributed by atoms with Crippen molar-refractivity contribution >= 4 is 11.9 Å². The first-order chi connectivity index (χ1) is 8.72. The van der Waals surface area contributed by atoms with Gasteiger partial charge in [-0.15, -0.1) is 0 Å². The summed E-state index contributed by atoms with van der Waals surface area (Å²) in [7, 11) is 3.69. The average Bonchev–Trinajstić information content (AvgIpc) is 2.39. The fourth-order valence-corrected chi connectivity index (χ4v) is 1.82. The van der Waals surface area contributed by atoms with Gasteiger partial charge in [0.2, 0.25) is 11.9 Å². The summed E-state index contributed by atoms with van der Waals surface area (Å²) in [5.74, 6) is 1.25. The lowest BCUT2D eigenvalue weighted by Gasteiger charge is -2.32. The van der Waals surface area contributed by atoms with Gasteiger partial charge >= 0.3 is 6.01 Å². The van der Waals surface area contributed by atoms with Crippen molar-refractivity contribution < 1.29 is 4.74 Å². The molecule has 7 nitrogen and oxygen atoms in total. The van der Waals surface area contributed by atoms with E-state index in [1.165, 1.54) is 0 Å². The number of likely N-dealkylation sites (N-methyl/N-ethyl adjacent to an activating group) is 1. The second-order valence-electron chi connectivity index (χ2n) is 4.27. The maximum atomic E-state index is 5.11. The molecule has 0 aliphatic carbocycles. The molecule has 0 unspecified atom stereocenters. The van der Waals surface area contributed by atoms with Gasteiger partial charge in [0.15, 0.2) is 0 Å². The number of methoxy groups -OCH3 is 1. The highest BCUT2D eigenvalue weighted by atomic mass is 16.5. The molecule has 1 aromatic heterocycles. The summed E-state index contributed by atoms with van der Waals surface area (Å²) in [4.78, 5) is 17.3. The second-order valence-corrected chi connectivity index (χ2v) is 4.27. The number of nitrogens with zero attached hydrogens (tertiary/aromatic N) is 5. The normalized spacial score (nSPS) is 16.7. The van der Waals surface area contributed by atoms with Gasteiger partial charge in [-0.1, -0.05) is 0 Å². The topological polar surface area (TPSA) is 66.4 Å². The van der Waals surface area contributed by atoms with E-state index in [1.54, 1.807) is 7.11 Å². The van der Waals surface area contributed by atoms with Crippen molar-refractivity contribution in [3.05, 3.63) is 0 Å². The molecule has 1 aliphatic rings. The number of anilines is 2. The highest BCUT2D eigenvalue weighted by molar-refractivity contribution is 5.38. The standard InChI is InChI=1S/C11H20N6O/c1-4-12-9-13-10(15-11(14-9)18-3)17-7-5-16(2)6-8-17/h4-8H2,1-3H3,(H,12,13,14,15). The summed E-state index contributed by atoms with van der Waals surface area (Å²) in [6.45, 7) is 6.67. The van der Waals surface area contributed by atoms with E-state index in [0.29, 0.717) is 17.9 Å². The number of aromatic nitrogens is 3. The van der Waals surface area contributed by atoms with Gasteiger partial charge in [-0.2, -0.15) is 15.0 Å². The minimum absolute atomic E-state index is 0.356. The fraction of sp³-hybridized carbons (Fsp3) is 0.727. The van der Waals surface area contributed by atoms with E-state index in [0.717, 1.165) is 32.7 Å². The lowest BCUT2D eigenvalue weighted by atomic mass is 10.3. The first kappa shape index (κ1) is 12.8. The molecular formula is C11H20N6O. The van der Waals surface area contributed by atoms with Crippen molar-refractivity contribution in [3.63, 3.8) is 0 Å². The molecule has 0 saturated carbocycles. The Morgan fingerprint density at radius 2 is 1.89 bits per heavy atom. The van der Waals surface area contributed by atoms with Gasteiger partial charge in [0, 0.05) is 32.7 Å². The van der Waals surface area contributed by atoms with Crippen molar-refractivity contribution in [2.24, 2.45) is 0 Å². The van der Waals surface area contributed by atoms with Crippen LogP contribution in [0.1, 0.15) is 6.92 Å². The van der Waals surface area contributed by atoms with E-state index >= 15 is 0 Å². The van der Waals surface area contributed by atoms with Gasteiger partial charge in [-0.3, -0.25) is 0 Å². The molecule has 0 amide bonds. The third-order valence-electron chi connectivity index (χ3n) is 2.91. The van der Waals surface area contributed by atoms with Crippen LogP contribution in [-0.4, -0.2) is 66.7 Å². The maximum absolute atomic E-state index is 5.11. The number of hydrogen-bond acceptors (Lipinski definition) is 7. The van der Waals surface area contributed by atoms with Gasteiger partial charge < -0.3 is 19.9 Å². The molecule has 0 spiro atoms. The molecule has 1 aliphatic heterocycles. The van der Waals surface area contributed by atoms with Crippen LogP contribution in [0.4, 0.5) is 11.9 Å². The lowest BCUT2D eigenvalue weighted by molar-refractivity contribution is 0.310. The van der Waals surface area contributed by atoms with Crippen LogP contribution in [0.25, 0.3) is 0 Å². The lowest BCUT2D eigenvalue weighted by Crippen LogP contribution is -2.45. The van der Waals surface area contributed by atoms with E-state index in [-0.39, 0.29) is 0 Å². The van der Waals surface area contributed by atoms with Crippen molar-refractivity contribution in [1.82, 2.24) is 19.9 Å². The molecule has 2 heterocycles. The summed E-state index contributed by atoms with van der Waals surface area (Å²) in [6.07, 6.45) is 0. The molecule has 7 heteroatoms. The van der Waals surface area contributed by atoms with Crippen molar-refractivity contribution in [3.8, 4) is 6.01 Å². The molecule has 0 atom stereocenters. The van der Waals surface area contributed by atoms with Crippen molar-refractivity contribution in [2.75, 3.05) is 57.1 Å². The van der Waals surface area contributed by atoms with Crippen LogP contribution in [0.15, 0.2) is 0 Å². The monoisotopic (exact) mass is 252 g/mol. The Labute approximate surface area is 107 Å². The largest absolute Gasteiger partial charge is 0.467 e. The molecule has 2 rings (SSSR count). The van der Waals surface area contributed by atoms with E-state index in [9.17, 15) is 0 Å². The zero-order chi connectivity index (χ0) is 13.0. The van der Waals surface area contributed by atoms with E-state index < -0.39 is 0 Å². The maximum Gasteiger partial charge on any atom is 0.322 e. The molecule has 18 heavy (non-hydrogen) atoms. The Bertz CT molecular complexity index is 391. The van der Waals surface area contributed by atoms with Gasteiger partial charge in [0.05, 0.1) is 7.11 Å². The van der Waals surface area contributed by atoms with Crippen LogP contribution in [-0.2, 0) is 0 Å². The zero-order valence-corrected chi connectivity index (χ0v) is 11.2. The number of hydrogen-bond donors (Lipinski definition) is 1. The van der Waals surface area contributed by atoms with Crippen LogP contribution in [0.3, 0.4) is 0 Å². The van der Waals surface area contributed by atoms with Gasteiger partial charge in [-0.25, -0.2) is 0 Å². The minimum Gasteiger partial charge on any atom is -0.467 e. The number of piperazine rings is 1. The summed E-state index contributed by atoms with van der Waals surface area (Å²) < 4.78 is 5.11. The van der Waals surface area contributed by atoms with Crippen molar-refractivity contribution in [1.29, 1.82) is 0 Å². The predicted octanol–water partition coefficient (Wildman–Crippen LogP) is 0.0638. The Kier molecular flexibility index (Phi) is 4.14. The van der Waals surface area contributed by atoms with E-state index in [4.69, 9.17) is 4.74 Å². The predicted molar refractivity (Wildman–Crippen MR) is 70.3 cm³/mol. The second kappa shape index (κ2) is 5.81. The Balaban J connectivity index is 2.17. The number of ether oxygens (including phenoxy) is 1. The summed E-state index contributed by atoms with van der Waals surface area (Å²) in [6, 6.07) is 0.356. The molecule has 1 fully saturated rings. The van der Waals surface area contributed by atoms with Gasteiger partial charge in [0.25, 0.3) is 0 Å². The minimum atomic E-state index is 0.356. The van der Waals surface area contributed by atoms with E-state index in [2.05, 4.69) is 37.1 Å². The number of rotatable bonds is 4. The Hall–Kier alpha value is -1.63. The molecule has 0 radical (unpaired) electrons. The molecule has 100 valence electrons. The highest BCUT2D eigenvalue weighted by Gasteiger charge is 2.18. The van der Waals surface area contributed by atoms with Crippen LogP contribution in [0.5, 0.6) is 6.01 Å². The van der Waals surface area contributed by atoms with Crippen LogP contribution in [0, 0.1) is 0 Å². The third kappa shape index (κ3) is 2.98. The first-order valence-electron chi connectivity index (χ1n) is 6.20. The fourth-order valence-electron chi connectivity index (χ4n) is 1.82. The molecule has 0 bridgehead atoms. The summed E-state index contributed by atoms with van der Waals surface area (Å²) in [5, 5.41) is 3.09. The average molecular weight is 252 g/mol. The number of nitrogens with one attached hydrogen (secondary N) is 1. The quantitative estimate of drug-likeness (QED) is 0.813. The van der Waals surface area contributed by atoms with Crippen LogP contribution >= 0.6 is 0 Å². The smallest absolute Gasteiger partial charge is 0.322 e. The summed E-state index contributed by atoms with van der Waals surface area (Å²) in [5.41, 5.74) is 0. The van der Waals surface area contributed by atoms with Gasteiger partial charge in [-0.05, 0) is 14.0 Å². The molecule has 0 aromatic carbocycles. The Morgan fingerprint density at radius 1 is 1.17 bits per heavy atom. The van der Waals surface area contributed by atoms with Crippen LogP contribution < -0.4 is 15.0 Å². The molecule has 1 N–H and O–H groups in total. The first-order valence-corrected chi connectivity index (χ1v) is 6.20. The van der Waals surface area contributed by atoms with E-state index in [1.807, 2.05) is 6.92 Å². The SMILES string of the molecule is CCNc1nc(OC)nc(N2CCN(C)CC2)n1. The zero-order valence-electron chi connectivity index (χ0n) is 11.2. The molecule has 1 aromatic rings. The van der Waals surface area contributed by atoms with Crippen LogP contribution in [0.2, 0.25) is 0 Å². The highest BCUT2D eigenvalue weighted by Crippen LogP contribution is 2.16. The molecular weight excluding hydrogens is 232 g/mol. The Morgan fingerprint density at radius 3 is 2.50 bits per heavy atom.